The van der Waals surface area contributed by atoms with Gasteiger partial charge in [0.2, 0.25) is 0 Å². The van der Waals surface area contributed by atoms with E-state index < -0.39 is 6.23 Å². The van der Waals surface area contributed by atoms with Crippen molar-refractivity contribution in [1.82, 2.24) is 5.32 Å². The van der Waals surface area contributed by atoms with Gasteiger partial charge in [0.25, 0.3) is 0 Å². The Kier molecular flexibility index (Phi) is 3.20. The number of rotatable bonds is 1. The van der Waals surface area contributed by atoms with Crippen LogP contribution in [0.15, 0.2) is 12.1 Å². The number of benzene rings is 1. The highest BCUT2D eigenvalue weighted by atomic mass is 35.5. The molecule has 18 heavy (non-hydrogen) atoms. The van der Waals surface area contributed by atoms with Gasteiger partial charge in [0.1, 0.15) is 19.4 Å². The molecule has 1 unspecified atom stereocenters. The van der Waals surface area contributed by atoms with E-state index in [4.69, 9.17) is 21.1 Å². The standard InChI is InChI=1S/C12H15ClN2O3/c13-8-5-9(15-2-1-14-7-11(15)16)12-10(6-8)17-3-4-18-12/h5-6,11,14,16H,1-4,7H2. The summed E-state index contributed by atoms with van der Waals surface area (Å²) in [6, 6.07) is 3.55. The molecule has 6 heteroatoms. The molecule has 2 heterocycles. The smallest absolute Gasteiger partial charge is 0.184 e. The maximum Gasteiger partial charge on any atom is 0.184 e. The molecule has 2 N–H and O–H groups in total. The summed E-state index contributed by atoms with van der Waals surface area (Å²) in [5.74, 6) is 1.32. The highest BCUT2D eigenvalue weighted by Gasteiger charge is 2.26. The van der Waals surface area contributed by atoms with Crippen LogP contribution in [-0.2, 0) is 0 Å². The fourth-order valence-corrected chi connectivity index (χ4v) is 2.49. The van der Waals surface area contributed by atoms with E-state index in [1.165, 1.54) is 0 Å². The van der Waals surface area contributed by atoms with Crippen molar-refractivity contribution >= 4 is 17.3 Å². The largest absolute Gasteiger partial charge is 0.486 e. The second kappa shape index (κ2) is 4.84. The lowest BCUT2D eigenvalue weighted by molar-refractivity contribution is 0.146. The Hall–Kier alpha value is -1.17. The molecule has 1 aromatic carbocycles. The van der Waals surface area contributed by atoms with E-state index in [2.05, 4.69) is 5.32 Å². The molecule has 0 saturated carbocycles. The monoisotopic (exact) mass is 270 g/mol. The van der Waals surface area contributed by atoms with Crippen LogP contribution in [0.1, 0.15) is 0 Å². The van der Waals surface area contributed by atoms with E-state index in [0.717, 1.165) is 12.2 Å². The molecule has 0 radical (unpaired) electrons. The molecule has 2 aliphatic rings. The third-order valence-corrected chi connectivity index (χ3v) is 3.33. The van der Waals surface area contributed by atoms with Crippen molar-refractivity contribution < 1.29 is 14.6 Å². The summed E-state index contributed by atoms with van der Waals surface area (Å²) in [5, 5.41) is 13.8. The maximum atomic E-state index is 10.0. The van der Waals surface area contributed by atoms with E-state index >= 15 is 0 Å². The third-order valence-electron chi connectivity index (χ3n) is 3.11. The quantitative estimate of drug-likeness (QED) is 0.792. The highest BCUT2D eigenvalue weighted by Crippen LogP contribution is 2.42. The molecule has 1 atom stereocenters. The number of nitrogens with zero attached hydrogens (tertiary/aromatic N) is 1. The molecule has 2 aliphatic heterocycles. The molecular formula is C12H15ClN2O3. The molecule has 0 bridgehead atoms. The maximum absolute atomic E-state index is 10.0. The number of fused-ring (bicyclic) bond motifs is 1. The Balaban J connectivity index is 2.01. The molecule has 3 rings (SSSR count). The highest BCUT2D eigenvalue weighted by molar-refractivity contribution is 6.31. The minimum atomic E-state index is -0.577. The van der Waals surface area contributed by atoms with Gasteiger partial charge in [-0.1, -0.05) is 11.6 Å². The van der Waals surface area contributed by atoms with E-state index in [0.29, 0.717) is 42.8 Å². The fourth-order valence-electron chi connectivity index (χ4n) is 2.29. The fraction of sp³-hybridized carbons (Fsp3) is 0.500. The van der Waals surface area contributed by atoms with Crippen molar-refractivity contribution in [3.63, 3.8) is 0 Å². The zero-order valence-electron chi connectivity index (χ0n) is 9.86. The first-order chi connectivity index (χ1) is 8.75. The molecule has 0 spiro atoms. The average molecular weight is 271 g/mol. The van der Waals surface area contributed by atoms with E-state index in [-0.39, 0.29) is 0 Å². The predicted molar refractivity (Wildman–Crippen MR) is 68.7 cm³/mol. The van der Waals surface area contributed by atoms with Crippen molar-refractivity contribution in [3.05, 3.63) is 17.2 Å². The summed E-state index contributed by atoms with van der Waals surface area (Å²) >= 11 is 6.09. The van der Waals surface area contributed by atoms with Crippen LogP contribution in [0.4, 0.5) is 5.69 Å². The number of nitrogens with one attached hydrogen (secondary N) is 1. The number of aliphatic hydroxyl groups is 1. The Bertz CT molecular complexity index is 455. The second-order valence-electron chi connectivity index (χ2n) is 4.33. The van der Waals surface area contributed by atoms with Gasteiger partial charge in [0.15, 0.2) is 11.5 Å². The summed E-state index contributed by atoms with van der Waals surface area (Å²) in [7, 11) is 0. The topological polar surface area (TPSA) is 54.0 Å². The summed E-state index contributed by atoms with van der Waals surface area (Å²) in [5.41, 5.74) is 0.797. The van der Waals surface area contributed by atoms with Gasteiger partial charge >= 0.3 is 0 Å². The second-order valence-corrected chi connectivity index (χ2v) is 4.76. The Morgan fingerprint density at radius 2 is 2.17 bits per heavy atom. The molecule has 1 fully saturated rings. The van der Waals surface area contributed by atoms with Gasteiger partial charge in [-0.15, -0.1) is 0 Å². The van der Waals surface area contributed by atoms with Crippen LogP contribution < -0.4 is 19.7 Å². The Morgan fingerprint density at radius 1 is 1.33 bits per heavy atom. The summed E-state index contributed by atoms with van der Waals surface area (Å²) in [6.45, 7) is 3.10. The normalized spacial score (nSPS) is 23.0. The summed E-state index contributed by atoms with van der Waals surface area (Å²) in [4.78, 5) is 1.88. The number of anilines is 1. The number of hydrogen-bond acceptors (Lipinski definition) is 5. The predicted octanol–water partition coefficient (Wildman–Crippen LogP) is 0.839. The lowest BCUT2D eigenvalue weighted by Gasteiger charge is -2.36. The molecule has 0 aromatic heterocycles. The van der Waals surface area contributed by atoms with Crippen LogP contribution in [0.3, 0.4) is 0 Å². The van der Waals surface area contributed by atoms with Crippen molar-refractivity contribution in [2.24, 2.45) is 0 Å². The lowest BCUT2D eigenvalue weighted by atomic mass is 10.2. The van der Waals surface area contributed by atoms with Crippen LogP contribution >= 0.6 is 11.6 Å². The first-order valence-corrected chi connectivity index (χ1v) is 6.38. The van der Waals surface area contributed by atoms with Gasteiger partial charge in [0.05, 0.1) is 5.69 Å². The van der Waals surface area contributed by atoms with Gasteiger partial charge in [-0.2, -0.15) is 0 Å². The summed E-state index contributed by atoms with van der Waals surface area (Å²) in [6.07, 6.45) is -0.577. The van der Waals surface area contributed by atoms with Gasteiger partial charge < -0.3 is 24.8 Å². The minimum Gasteiger partial charge on any atom is -0.486 e. The lowest BCUT2D eigenvalue weighted by Crippen LogP contribution is -2.51. The Labute approximate surface area is 110 Å². The summed E-state index contributed by atoms with van der Waals surface area (Å²) < 4.78 is 11.2. The first-order valence-electron chi connectivity index (χ1n) is 6.00. The van der Waals surface area contributed by atoms with Gasteiger partial charge in [-0.3, -0.25) is 0 Å². The van der Waals surface area contributed by atoms with Crippen LogP contribution in [-0.4, -0.2) is 44.2 Å². The van der Waals surface area contributed by atoms with Crippen LogP contribution in [0, 0.1) is 0 Å². The third kappa shape index (κ3) is 2.09. The van der Waals surface area contributed by atoms with Gasteiger partial charge in [-0.05, 0) is 6.07 Å². The van der Waals surface area contributed by atoms with Gasteiger partial charge in [-0.25, -0.2) is 0 Å². The van der Waals surface area contributed by atoms with Crippen molar-refractivity contribution in [2.75, 3.05) is 37.7 Å². The first kappa shape index (κ1) is 11.9. The number of piperazine rings is 1. The number of ether oxygens (including phenoxy) is 2. The average Bonchev–Trinajstić information content (AvgIpc) is 2.38. The van der Waals surface area contributed by atoms with Crippen molar-refractivity contribution in [1.29, 1.82) is 0 Å². The minimum absolute atomic E-state index is 0.518. The van der Waals surface area contributed by atoms with Crippen LogP contribution in [0.2, 0.25) is 5.02 Å². The molecular weight excluding hydrogens is 256 g/mol. The number of halogens is 1. The molecule has 0 aliphatic carbocycles. The number of hydrogen-bond donors (Lipinski definition) is 2. The number of aliphatic hydroxyl groups excluding tert-OH is 1. The van der Waals surface area contributed by atoms with Crippen molar-refractivity contribution in [2.45, 2.75) is 6.23 Å². The van der Waals surface area contributed by atoms with Crippen LogP contribution in [0.25, 0.3) is 0 Å². The zero-order valence-corrected chi connectivity index (χ0v) is 10.6. The molecule has 1 saturated heterocycles. The molecule has 98 valence electrons. The zero-order chi connectivity index (χ0) is 12.5. The van der Waals surface area contributed by atoms with Crippen molar-refractivity contribution in [3.8, 4) is 11.5 Å². The molecule has 1 aromatic rings. The molecule has 5 nitrogen and oxygen atoms in total. The SMILES string of the molecule is OC1CNCCN1c1cc(Cl)cc2c1OCCO2. The van der Waals surface area contributed by atoms with Crippen LogP contribution in [0.5, 0.6) is 11.5 Å². The van der Waals surface area contributed by atoms with Gasteiger partial charge in [0, 0.05) is 30.7 Å². The molecule has 0 amide bonds. The van der Waals surface area contributed by atoms with E-state index in [1.807, 2.05) is 11.0 Å². The van der Waals surface area contributed by atoms with E-state index in [1.54, 1.807) is 6.07 Å². The number of β-amino-alcohol motifs (C(OH)–C–C–N with tert-alkyl or cyclic N) is 1. The Morgan fingerprint density at radius 3 is 3.00 bits per heavy atom. The van der Waals surface area contributed by atoms with E-state index in [9.17, 15) is 5.11 Å².